The number of nitrogens with one attached hydrogen (secondary N) is 2. The van der Waals surface area contributed by atoms with E-state index in [1.54, 1.807) is 0 Å². The summed E-state index contributed by atoms with van der Waals surface area (Å²) in [6.45, 7) is 4.92. The Balaban J connectivity index is 0.00000392. The van der Waals surface area contributed by atoms with E-state index in [0.717, 1.165) is 69.4 Å². The highest BCUT2D eigenvalue weighted by Gasteiger charge is 2.23. The van der Waals surface area contributed by atoms with Crippen LogP contribution in [0.2, 0.25) is 0 Å². The van der Waals surface area contributed by atoms with Gasteiger partial charge in [-0.1, -0.05) is 30.5 Å². The minimum atomic E-state index is -0.192. The molecule has 0 bridgehead atoms. The maximum absolute atomic E-state index is 12.4. The summed E-state index contributed by atoms with van der Waals surface area (Å²) in [6, 6.07) is 7.53. The second-order valence-corrected chi connectivity index (χ2v) is 7.50. The van der Waals surface area contributed by atoms with Crippen LogP contribution in [0.3, 0.4) is 0 Å². The van der Waals surface area contributed by atoms with Gasteiger partial charge in [-0.25, -0.2) is 4.79 Å². The molecule has 1 aliphatic heterocycles. The Hall–Kier alpha value is -1.79. The van der Waals surface area contributed by atoms with Gasteiger partial charge in [0.25, 0.3) is 0 Å². The van der Waals surface area contributed by atoms with Crippen LogP contribution in [0.25, 0.3) is 0 Å². The number of hydrogen-bond donors (Lipinski definition) is 3. The molecule has 4 N–H and O–H groups in total. The van der Waals surface area contributed by atoms with E-state index < -0.39 is 0 Å². The number of urea groups is 1. The molecule has 28 heavy (non-hydrogen) atoms. The van der Waals surface area contributed by atoms with Crippen molar-refractivity contribution < 1.29 is 9.59 Å². The van der Waals surface area contributed by atoms with E-state index in [-0.39, 0.29) is 24.3 Å². The van der Waals surface area contributed by atoms with Gasteiger partial charge in [0.1, 0.15) is 0 Å². The van der Waals surface area contributed by atoms with Gasteiger partial charge in [0.2, 0.25) is 5.91 Å². The number of carbonyl (C=O) groups excluding carboxylic acids is 2. The third kappa shape index (κ3) is 8.93. The number of nitrogens with two attached hydrogens (primary N) is 1. The number of benzene rings is 1. The van der Waals surface area contributed by atoms with E-state index in [9.17, 15) is 9.59 Å². The summed E-state index contributed by atoms with van der Waals surface area (Å²) in [5.74, 6) is 0.570. The highest BCUT2D eigenvalue weighted by molar-refractivity contribution is 5.89. The van der Waals surface area contributed by atoms with Crippen LogP contribution < -0.4 is 16.4 Å². The predicted molar refractivity (Wildman–Crippen MR) is 117 cm³/mol. The molecule has 0 spiro atoms. The molecule has 1 heterocycles. The molecule has 1 aromatic carbocycles. The summed E-state index contributed by atoms with van der Waals surface area (Å²) in [7, 11) is 0. The molecule has 0 saturated carbocycles. The molecule has 0 aromatic heterocycles. The Morgan fingerprint density at radius 1 is 1.14 bits per heavy atom. The average Bonchev–Trinajstić information content (AvgIpc) is 2.68. The van der Waals surface area contributed by atoms with Crippen LogP contribution in [-0.2, 0) is 4.79 Å². The van der Waals surface area contributed by atoms with Crippen molar-refractivity contribution in [3.05, 3.63) is 29.8 Å². The molecule has 7 heteroatoms. The lowest BCUT2D eigenvalue weighted by Crippen LogP contribution is -2.44. The van der Waals surface area contributed by atoms with Crippen LogP contribution in [0.1, 0.15) is 50.5 Å². The lowest BCUT2D eigenvalue weighted by atomic mass is 9.97. The van der Waals surface area contributed by atoms with E-state index in [4.69, 9.17) is 5.73 Å². The van der Waals surface area contributed by atoms with Gasteiger partial charge >= 0.3 is 6.03 Å². The normalized spacial score (nSPS) is 16.2. The fraction of sp³-hybridized carbons (Fsp3) is 0.619. The topological polar surface area (TPSA) is 87.5 Å². The Labute approximate surface area is 175 Å². The Morgan fingerprint density at radius 3 is 2.57 bits per heavy atom. The molecule has 1 fully saturated rings. The smallest absolute Gasteiger partial charge is 0.319 e. The van der Waals surface area contributed by atoms with Gasteiger partial charge in [-0.3, -0.25) is 4.79 Å². The molecule has 1 aliphatic rings. The molecule has 1 aromatic rings. The van der Waals surface area contributed by atoms with Gasteiger partial charge in [0.05, 0.1) is 0 Å². The molecule has 3 amide bonds. The fourth-order valence-electron chi connectivity index (χ4n) is 3.44. The van der Waals surface area contributed by atoms with Crippen molar-refractivity contribution >= 4 is 30.0 Å². The number of anilines is 1. The first-order valence-corrected chi connectivity index (χ1v) is 10.2. The number of unbranched alkanes of at least 4 members (excludes halogenated alkanes) is 3. The number of rotatable bonds is 9. The number of halogens is 1. The third-order valence-electron chi connectivity index (χ3n) is 5.08. The van der Waals surface area contributed by atoms with Crippen molar-refractivity contribution in [2.75, 3.05) is 31.5 Å². The Kier molecular flexibility index (Phi) is 11.6. The van der Waals surface area contributed by atoms with Crippen molar-refractivity contribution in [3.63, 3.8) is 0 Å². The van der Waals surface area contributed by atoms with Gasteiger partial charge in [-0.05, 0) is 57.2 Å². The van der Waals surface area contributed by atoms with Gasteiger partial charge in [-0.2, -0.15) is 0 Å². The van der Waals surface area contributed by atoms with E-state index in [1.165, 1.54) is 0 Å². The van der Waals surface area contributed by atoms with E-state index in [1.807, 2.05) is 36.1 Å². The first-order valence-electron chi connectivity index (χ1n) is 10.2. The number of piperidine rings is 1. The quantitative estimate of drug-likeness (QED) is 0.542. The van der Waals surface area contributed by atoms with Gasteiger partial charge < -0.3 is 21.3 Å². The summed E-state index contributed by atoms with van der Waals surface area (Å²) >= 11 is 0. The lowest BCUT2D eigenvalue weighted by Gasteiger charge is -2.33. The van der Waals surface area contributed by atoms with Crippen molar-refractivity contribution in [2.45, 2.75) is 51.9 Å². The largest absolute Gasteiger partial charge is 0.342 e. The number of nitrogens with zero attached hydrogens (tertiary/aromatic N) is 1. The van der Waals surface area contributed by atoms with Crippen LogP contribution in [-0.4, -0.2) is 43.0 Å². The standard InChI is InChI=1S/C21H34N4O2.ClH/c1-17-9-11-19(12-10-17)24-21(27)23-15-18-7-6-14-25(16-18)20(26)8-4-2-3-5-13-22;/h9-12,18H,2-8,13-16,22H2,1H3,(H2,23,24,27);1H. The average molecular weight is 411 g/mol. The van der Waals surface area contributed by atoms with Gasteiger partial charge in [-0.15, -0.1) is 12.4 Å². The SMILES string of the molecule is Cc1ccc(NC(=O)NCC2CCCN(C(=O)CCCCCCN)C2)cc1.Cl. The molecule has 6 nitrogen and oxygen atoms in total. The number of amides is 3. The number of likely N-dealkylation sites (tertiary alicyclic amines) is 1. The highest BCUT2D eigenvalue weighted by Crippen LogP contribution is 2.18. The molecule has 1 unspecified atom stereocenters. The maximum Gasteiger partial charge on any atom is 0.319 e. The summed E-state index contributed by atoms with van der Waals surface area (Å²) in [4.78, 5) is 26.4. The number of carbonyl (C=O) groups is 2. The molecular weight excluding hydrogens is 376 g/mol. The number of hydrogen-bond acceptors (Lipinski definition) is 3. The van der Waals surface area contributed by atoms with Crippen molar-refractivity contribution in [2.24, 2.45) is 11.7 Å². The minimum absolute atomic E-state index is 0. The molecule has 158 valence electrons. The molecular formula is C21H35ClN4O2. The molecule has 1 saturated heterocycles. The van der Waals surface area contributed by atoms with Gasteiger partial charge in [0, 0.05) is 31.7 Å². The zero-order valence-corrected chi connectivity index (χ0v) is 17.7. The van der Waals surface area contributed by atoms with Crippen LogP contribution in [0.5, 0.6) is 0 Å². The molecule has 2 rings (SSSR count). The fourth-order valence-corrected chi connectivity index (χ4v) is 3.44. The third-order valence-corrected chi connectivity index (χ3v) is 5.08. The highest BCUT2D eigenvalue weighted by atomic mass is 35.5. The molecule has 0 aliphatic carbocycles. The van der Waals surface area contributed by atoms with Crippen LogP contribution in [0.4, 0.5) is 10.5 Å². The Bertz CT molecular complexity index is 595. The molecule has 0 radical (unpaired) electrons. The maximum atomic E-state index is 12.4. The summed E-state index contributed by atoms with van der Waals surface area (Å²) < 4.78 is 0. The van der Waals surface area contributed by atoms with E-state index in [2.05, 4.69) is 10.6 Å². The summed E-state index contributed by atoms with van der Waals surface area (Å²) in [5.41, 5.74) is 7.44. The Morgan fingerprint density at radius 2 is 1.86 bits per heavy atom. The second kappa shape index (κ2) is 13.4. The number of aryl methyl sites for hydroxylation is 1. The van der Waals surface area contributed by atoms with Crippen molar-refractivity contribution in [3.8, 4) is 0 Å². The lowest BCUT2D eigenvalue weighted by molar-refractivity contribution is -0.133. The monoisotopic (exact) mass is 410 g/mol. The predicted octanol–water partition coefficient (Wildman–Crippen LogP) is 3.69. The zero-order valence-electron chi connectivity index (χ0n) is 16.9. The van der Waals surface area contributed by atoms with Crippen LogP contribution >= 0.6 is 12.4 Å². The van der Waals surface area contributed by atoms with Crippen molar-refractivity contribution in [1.82, 2.24) is 10.2 Å². The van der Waals surface area contributed by atoms with E-state index >= 15 is 0 Å². The molecule has 1 atom stereocenters. The van der Waals surface area contributed by atoms with Gasteiger partial charge in [0.15, 0.2) is 0 Å². The first kappa shape index (κ1) is 24.2. The first-order chi connectivity index (χ1) is 13.1. The van der Waals surface area contributed by atoms with Crippen LogP contribution in [0, 0.1) is 12.8 Å². The minimum Gasteiger partial charge on any atom is -0.342 e. The van der Waals surface area contributed by atoms with E-state index in [0.29, 0.717) is 18.9 Å². The van der Waals surface area contributed by atoms with Crippen LogP contribution in [0.15, 0.2) is 24.3 Å². The van der Waals surface area contributed by atoms with Crippen molar-refractivity contribution in [1.29, 1.82) is 0 Å². The summed E-state index contributed by atoms with van der Waals surface area (Å²) in [5, 5.41) is 5.79. The zero-order chi connectivity index (χ0) is 19.5. The summed E-state index contributed by atoms with van der Waals surface area (Å²) in [6.07, 6.45) is 6.83. The second-order valence-electron chi connectivity index (χ2n) is 7.50.